The summed E-state index contributed by atoms with van der Waals surface area (Å²) in [4.78, 5) is 0. The Kier molecular flexibility index (Phi) is 6.92. The number of hydrazine groups is 1. The summed E-state index contributed by atoms with van der Waals surface area (Å²) in [6.07, 6.45) is 6.61. The van der Waals surface area contributed by atoms with Gasteiger partial charge in [0.05, 0.1) is 17.2 Å². The number of ether oxygens (including phenoxy) is 2. The lowest BCUT2D eigenvalue weighted by Crippen LogP contribution is -2.56. The third-order valence-corrected chi connectivity index (χ3v) is 4.98. The molecule has 20 heavy (non-hydrogen) atoms. The molecule has 1 aliphatic rings. The van der Waals surface area contributed by atoms with Gasteiger partial charge < -0.3 is 9.47 Å². The maximum atomic E-state index is 6.19. The Morgan fingerprint density at radius 2 is 1.95 bits per heavy atom. The lowest BCUT2D eigenvalue weighted by molar-refractivity contribution is -0.102. The maximum absolute atomic E-state index is 6.19. The van der Waals surface area contributed by atoms with Crippen LogP contribution in [0.1, 0.15) is 66.2 Å². The highest BCUT2D eigenvalue weighted by molar-refractivity contribution is 4.96. The Balaban J connectivity index is 2.71. The standard InChI is InChI=1S/C16H34N2O2/c1-6-20-16(11-7-13(2)8-12-16)14(18-17)9-10-15(3,4)19-5/h13-14,18H,6-12,17H2,1-5H3. The van der Waals surface area contributed by atoms with Crippen LogP contribution in [0, 0.1) is 5.92 Å². The minimum Gasteiger partial charge on any atom is -0.379 e. The smallest absolute Gasteiger partial charge is 0.0848 e. The van der Waals surface area contributed by atoms with E-state index in [9.17, 15) is 0 Å². The molecule has 1 unspecified atom stereocenters. The molecule has 4 nitrogen and oxygen atoms in total. The SMILES string of the molecule is CCOC1(C(CCC(C)(C)OC)NN)CCC(C)CC1. The number of nitrogens with one attached hydrogen (secondary N) is 1. The molecule has 0 heterocycles. The Morgan fingerprint density at radius 3 is 2.40 bits per heavy atom. The van der Waals surface area contributed by atoms with Crippen molar-refractivity contribution in [3.8, 4) is 0 Å². The third-order valence-electron chi connectivity index (χ3n) is 4.98. The van der Waals surface area contributed by atoms with Crippen molar-refractivity contribution in [2.75, 3.05) is 13.7 Å². The molecule has 0 radical (unpaired) electrons. The van der Waals surface area contributed by atoms with Crippen LogP contribution in [-0.4, -0.2) is 31.0 Å². The number of hydrogen-bond acceptors (Lipinski definition) is 4. The summed E-state index contributed by atoms with van der Waals surface area (Å²) in [6.45, 7) is 9.40. The average molecular weight is 286 g/mol. The maximum Gasteiger partial charge on any atom is 0.0848 e. The number of methoxy groups -OCH3 is 1. The van der Waals surface area contributed by atoms with Crippen LogP contribution in [0.5, 0.6) is 0 Å². The summed E-state index contributed by atoms with van der Waals surface area (Å²) in [5.41, 5.74) is 2.82. The molecule has 1 rings (SSSR count). The van der Waals surface area contributed by atoms with Gasteiger partial charge in [-0.15, -0.1) is 0 Å². The van der Waals surface area contributed by atoms with E-state index in [1.165, 1.54) is 12.8 Å². The van der Waals surface area contributed by atoms with E-state index in [2.05, 4.69) is 33.1 Å². The molecular weight excluding hydrogens is 252 g/mol. The highest BCUT2D eigenvalue weighted by Crippen LogP contribution is 2.39. The molecule has 1 fully saturated rings. The van der Waals surface area contributed by atoms with E-state index in [-0.39, 0.29) is 17.2 Å². The van der Waals surface area contributed by atoms with Crippen molar-refractivity contribution in [1.82, 2.24) is 5.43 Å². The first-order valence-corrected chi connectivity index (χ1v) is 8.04. The van der Waals surface area contributed by atoms with Gasteiger partial charge in [-0.05, 0) is 65.2 Å². The molecule has 0 spiro atoms. The van der Waals surface area contributed by atoms with E-state index < -0.39 is 0 Å². The van der Waals surface area contributed by atoms with E-state index in [0.717, 1.165) is 38.2 Å². The van der Waals surface area contributed by atoms with Crippen molar-refractivity contribution in [2.24, 2.45) is 11.8 Å². The van der Waals surface area contributed by atoms with E-state index >= 15 is 0 Å². The lowest BCUT2D eigenvalue weighted by atomic mass is 9.73. The second kappa shape index (κ2) is 7.74. The molecule has 1 atom stereocenters. The zero-order valence-electron chi connectivity index (χ0n) is 14.0. The van der Waals surface area contributed by atoms with Crippen molar-refractivity contribution < 1.29 is 9.47 Å². The average Bonchev–Trinajstić information content (AvgIpc) is 2.43. The van der Waals surface area contributed by atoms with Crippen LogP contribution in [-0.2, 0) is 9.47 Å². The Bertz CT molecular complexity index is 274. The molecule has 1 saturated carbocycles. The molecule has 0 bridgehead atoms. The molecule has 1 aliphatic carbocycles. The van der Waals surface area contributed by atoms with Crippen LogP contribution in [0.4, 0.5) is 0 Å². The van der Waals surface area contributed by atoms with Crippen LogP contribution < -0.4 is 11.3 Å². The van der Waals surface area contributed by atoms with Crippen LogP contribution in [0.2, 0.25) is 0 Å². The Morgan fingerprint density at radius 1 is 1.35 bits per heavy atom. The first kappa shape index (κ1) is 17.9. The van der Waals surface area contributed by atoms with Crippen LogP contribution in [0.25, 0.3) is 0 Å². The van der Waals surface area contributed by atoms with Gasteiger partial charge in [0.1, 0.15) is 0 Å². The molecule has 0 aromatic carbocycles. The fraction of sp³-hybridized carbons (Fsp3) is 1.00. The fourth-order valence-corrected chi connectivity index (χ4v) is 3.22. The molecule has 0 saturated heterocycles. The summed E-state index contributed by atoms with van der Waals surface area (Å²) in [5.74, 6) is 6.66. The first-order chi connectivity index (χ1) is 9.39. The fourth-order valence-electron chi connectivity index (χ4n) is 3.22. The highest BCUT2D eigenvalue weighted by atomic mass is 16.5. The van der Waals surface area contributed by atoms with Crippen molar-refractivity contribution in [2.45, 2.75) is 83.5 Å². The molecule has 0 amide bonds. The summed E-state index contributed by atoms with van der Waals surface area (Å²) >= 11 is 0. The third kappa shape index (κ3) is 4.69. The van der Waals surface area contributed by atoms with E-state index in [0.29, 0.717) is 0 Å². The molecule has 120 valence electrons. The monoisotopic (exact) mass is 286 g/mol. The Labute approximate surface area is 124 Å². The van der Waals surface area contributed by atoms with Gasteiger partial charge in [0.15, 0.2) is 0 Å². The largest absolute Gasteiger partial charge is 0.379 e. The van der Waals surface area contributed by atoms with Gasteiger partial charge in [-0.1, -0.05) is 6.92 Å². The quantitative estimate of drug-likeness (QED) is 0.532. The summed E-state index contributed by atoms with van der Waals surface area (Å²) < 4.78 is 11.7. The normalized spacial score (nSPS) is 29.4. The number of hydrogen-bond donors (Lipinski definition) is 2. The summed E-state index contributed by atoms with van der Waals surface area (Å²) in [6, 6.07) is 0.198. The zero-order valence-corrected chi connectivity index (χ0v) is 14.0. The van der Waals surface area contributed by atoms with Crippen molar-refractivity contribution >= 4 is 0 Å². The van der Waals surface area contributed by atoms with Gasteiger partial charge in [-0.3, -0.25) is 11.3 Å². The van der Waals surface area contributed by atoms with Crippen LogP contribution >= 0.6 is 0 Å². The molecular formula is C16H34N2O2. The zero-order chi connectivity index (χ0) is 15.2. The molecule has 4 heteroatoms. The second-order valence-corrected chi connectivity index (χ2v) is 6.90. The van der Waals surface area contributed by atoms with Crippen molar-refractivity contribution in [3.63, 3.8) is 0 Å². The summed E-state index contributed by atoms with van der Waals surface area (Å²) in [5, 5.41) is 0. The lowest BCUT2D eigenvalue weighted by Gasteiger charge is -2.45. The number of nitrogens with two attached hydrogens (primary N) is 1. The Hall–Kier alpha value is -0.160. The van der Waals surface area contributed by atoms with E-state index in [1.807, 2.05) is 0 Å². The van der Waals surface area contributed by atoms with Gasteiger partial charge in [0.2, 0.25) is 0 Å². The van der Waals surface area contributed by atoms with E-state index in [4.69, 9.17) is 15.3 Å². The molecule has 0 aromatic rings. The van der Waals surface area contributed by atoms with Crippen molar-refractivity contribution in [3.05, 3.63) is 0 Å². The molecule has 0 aliphatic heterocycles. The van der Waals surface area contributed by atoms with Gasteiger partial charge in [-0.25, -0.2) is 0 Å². The molecule has 0 aromatic heterocycles. The minimum absolute atomic E-state index is 0.0974. The van der Waals surface area contributed by atoms with Crippen LogP contribution in [0.15, 0.2) is 0 Å². The van der Waals surface area contributed by atoms with Gasteiger partial charge in [-0.2, -0.15) is 0 Å². The second-order valence-electron chi connectivity index (χ2n) is 6.90. The predicted molar refractivity (Wildman–Crippen MR) is 83.4 cm³/mol. The number of rotatable bonds is 8. The van der Waals surface area contributed by atoms with Crippen molar-refractivity contribution in [1.29, 1.82) is 0 Å². The predicted octanol–water partition coefficient (Wildman–Crippen LogP) is 3.01. The van der Waals surface area contributed by atoms with Gasteiger partial charge >= 0.3 is 0 Å². The topological polar surface area (TPSA) is 56.5 Å². The van der Waals surface area contributed by atoms with Gasteiger partial charge in [0.25, 0.3) is 0 Å². The van der Waals surface area contributed by atoms with Gasteiger partial charge in [0, 0.05) is 13.7 Å². The minimum atomic E-state index is -0.107. The first-order valence-electron chi connectivity index (χ1n) is 8.04. The van der Waals surface area contributed by atoms with Crippen LogP contribution in [0.3, 0.4) is 0 Å². The molecule has 3 N–H and O–H groups in total. The summed E-state index contributed by atoms with van der Waals surface area (Å²) in [7, 11) is 1.77. The van der Waals surface area contributed by atoms with E-state index in [1.54, 1.807) is 7.11 Å². The highest BCUT2D eigenvalue weighted by Gasteiger charge is 2.42.